The van der Waals surface area contributed by atoms with Crippen molar-refractivity contribution in [3.8, 4) is 11.1 Å². The predicted octanol–water partition coefficient (Wildman–Crippen LogP) is 4.41. The molecular formula is C11H6Br2FN. The Bertz CT molecular complexity index is 482. The summed E-state index contributed by atoms with van der Waals surface area (Å²) in [4.78, 5) is 4.15. The van der Waals surface area contributed by atoms with Gasteiger partial charge in [0.25, 0.3) is 0 Å². The molecule has 0 saturated heterocycles. The first-order chi connectivity index (χ1) is 7.16. The van der Waals surface area contributed by atoms with Crippen molar-refractivity contribution in [3.63, 3.8) is 0 Å². The highest BCUT2D eigenvalue weighted by Crippen LogP contribution is 2.26. The average molecular weight is 331 g/mol. The molecule has 1 aromatic heterocycles. The SMILES string of the molecule is Fc1ccc(-c2cnc(Br)c(Br)c2)cc1. The molecule has 1 nitrogen and oxygen atoms in total. The van der Waals surface area contributed by atoms with Gasteiger partial charge in [0.05, 0.1) is 4.47 Å². The van der Waals surface area contributed by atoms with E-state index in [1.54, 1.807) is 18.3 Å². The first-order valence-corrected chi connectivity index (χ1v) is 5.82. The number of pyridine rings is 1. The molecule has 0 saturated carbocycles. The molecule has 0 atom stereocenters. The molecule has 2 rings (SSSR count). The van der Waals surface area contributed by atoms with E-state index < -0.39 is 0 Å². The molecule has 15 heavy (non-hydrogen) atoms. The molecule has 0 aliphatic rings. The summed E-state index contributed by atoms with van der Waals surface area (Å²) in [6.45, 7) is 0. The molecule has 4 heteroatoms. The highest BCUT2D eigenvalue weighted by Gasteiger charge is 2.02. The quantitative estimate of drug-likeness (QED) is 0.706. The Labute approximate surface area is 104 Å². The van der Waals surface area contributed by atoms with E-state index in [0.717, 1.165) is 20.2 Å². The van der Waals surface area contributed by atoms with Gasteiger partial charge < -0.3 is 0 Å². The van der Waals surface area contributed by atoms with Gasteiger partial charge in [0.15, 0.2) is 0 Å². The zero-order valence-corrected chi connectivity index (χ0v) is 10.7. The van der Waals surface area contributed by atoms with Crippen LogP contribution in [0.15, 0.2) is 45.6 Å². The highest BCUT2D eigenvalue weighted by atomic mass is 79.9. The number of hydrogen-bond donors (Lipinski definition) is 0. The third kappa shape index (κ3) is 2.44. The van der Waals surface area contributed by atoms with Crippen LogP contribution in [0.1, 0.15) is 0 Å². The van der Waals surface area contributed by atoms with E-state index in [-0.39, 0.29) is 5.82 Å². The lowest BCUT2D eigenvalue weighted by Gasteiger charge is -2.02. The van der Waals surface area contributed by atoms with Crippen molar-refractivity contribution in [2.24, 2.45) is 0 Å². The van der Waals surface area contributed by atoms with Crippen LogP contribution >= 0.6 is 31.9 Å². The van der Waals surface area contributed by atoms with Gasteiger partial charge >= 0.3 is 0 Å². The van der Waals surface area contributed by atoms with Crippen molar-refractivity contribution in [3.05, 3.63) is 51.4 Å². The van der Waals surface area contributed by atoms with E-state index in [1.165, 1.54) is 12.1 Å². The number of nitrogens with zero attached hydrogens (tertiary/aromatic N) is 1. The lowest BCUT2D eigenvalue weighted by atomic mass is 10.1. The molecule has 1 heterocycles. The molecular weight excluding hydrogens is 325 g/mol. The van der Waals surface area contributed by atoms with Crippen LogP contribution in [0.3, 0.4) is 0 Å². The number of rotatable bonds is 1. The highest BCUT2D eigenvalue weighted by molar-refractivity contribution is 9.13. The second-order valence-electron chi connectivity index (χ2n) is 3.00. The predicted molar refractivity (Wildman–Crippen MR) is 65.0 cm³/mol. The monoisotopic (exact) mass is 329 g/mol. The van der Waals surface area contributed by atoms with Gasteiger partial charge in [0.1, 0.15) is 10.4 Å². The maximum Gasteiger partial charge on any atom is 0.123 e. The van der Waals surface area contributed by atoms with Gasteiger partial charge in [-0.1, -0.05) is 12.1 Å². The van der Waals surface area contributed by atoms with Crippen LogP contribution in [0.4, 0.5) is 4.39 Å². The molecule has 76 valence electrons. The molecule has 0 amide bonds. The first kappa shape index (κ1) is 10.8. The van der Waals surface area contributed by atoms with Gasteiger partial charge in [0, 0.05) is 11.8 Å². The molecule has 2 aromatic rings. The van der Waals surface area contributed by atoms with Crippen molar-refractivity contribution in [2.45, 2.75) is 0 Å². The third-order valence-electron chi connectivity index (χ3n) is 1.97. The maximum absolute atomic E-state index is 12.7. The standard InChI is InChI=1S/C11H6Br2FN/c12-10-5-8(6-15-11(10)13)7-1-3-9(14)4-2-7/h1-6H. The molecule has 1 aromatic carbocycles. The van der Waals surface area contributed by atoms with Crippen molar-refractivity contribution in [1.29, 1.82) is 0 Å². The van der Waals surface area contributed by atoms with E-state index in [0.29, 0.717) is 0 Å². The van der Waals surface area contributed by atoms with Crippen LogP contribution in [-0.2, 0) is 0 Å². The summed E-state index contributed by atoms with van der Waals surface area (Å²) in [6, 6.07) is 8.26. The van der Waals surface area contributed by atoms with E-state index in [9.17, 15) is 4.39 Å². The number of aromatic nitrogens is 1. The minimum atomic E-state index is -0.233. The third-order valence-corrected chi connectivity index (χ3v) is 3.74. The fourth-order valence-corrected chi connectivity index (χ4v) is 1.79. The minimum Gasteiger partial charge on any atom is -0.248 e. The normalized spacial score (nSPS) is 10.3. The zero-order chi connectivity index (χ0) is 10.8. The van der Waals surface area contributed by atoms with Crippen molar-refractivity contribution in [1.82, 2.24) is 4.98 Å². The van der Waals surface area contributed by atoms with E-state index in [2.05, 4.69) is 36.8 Å². The number of benzene rings is 1. The summed E-state index contributed by atoms with van der Waals surface area (Å²) in [5.41, 5.74) is 1.89. The summed E-state index contributed by atoms with van der Waals surface area (Å²) in [6.07, 6.45) is 1.74. The number of halogens is 3. The smallest absolute Gasteiger partial charge is 0.123 e. The van der Waals surface area contributed by atoms with Crippen LogP contribution in [0.25, 0.3) is 11.1 Å². The van der Waals surface area contributed by atoms with Gasteiger partial charge in [-0.25, -0.2) is 9.37 Å². The Balaban J connectivity index is 2.45. The largest absolute Gasteiger partial charge is 0.248 e. The molecule has 0 fully saturated rings. The van der Waals surface area contributed by atoms with Crippen molar-refractivity contribution in [2.75, 3.05) is 0 Å². The summed E-state index contributed by atoms with van der Waals surface area (Å²) in [7, 11) is 0. The van der Waals surface area contributed by atoms with Crippen molar-refractivity contribution < 1.29 is 4.39 Å². The van der Waals surface area contributed by atoms with E-state index in [4.69, 9.17) is 0 Å². The van der Waals surface area contributed by atoms with E-state index >= 15 is 0 Å². The molecule has 0 N–H and O–H groups in total. The Morgan fingerprint density at radius 1 is 1.00 bits per heavy atom. The Morgan fingerprint density at radius 3 is 2.27 bits per heavy atom. The van der Waals surface area contributed by atoms with Crippen LogP contribution in [0, 0.1) is 5.82 Å². The summed E-state index contributed by atoms with van der Waals surface area (Å²) in [5.74, 6) is -0.233. The lowest BCUT2D eigenvalue weighted by Crippen LogP contribution is -1.83. The van der Waals surface area contributed by atoms with Crippen molar-refractivity contribution >= 4 is 31.9 Å². The Hall–Kier alpha value is -0.740. The topological polar surface area (TPSA) is 12.9 Å². The molecule has 0 spiro atoms. The van der Waals surface area contributed by atoms with Gasteiger partial charge in [-0.3, -0.25) is 0 Å². The van der Waals surface area contributed by atoms with E-state index in [1.807, 2.05) is 6.07 Å². The van der Waals surface area contributed by atoms with Crippen LogP contribution in [0.2, 0.25) is 0 Å². The molecule has 0 aliphatic heterocycles. The Morgan fingerprint density at radius 2 is 1.67 bits per heavy atom. The van der Waals surface area contributed by atoms with Gasteiger partial charge in [-0.2, -0.15) is 0 Å². The van der Waals surface area contributed by atoms with Gasteiger partial charge in [0.2, 0.25) is 0 Å². The average Bonchev–Trinajstić information content (AvgIpc) is 2.23. The van der Waals surface area contributed by atoms with Crippen LogP contribution < -0.4 is 0 Å². The van der Waals surface area contributed by atoms with Crippen LogP contribution in [0.5, 0.6) is 0 Å². The maximum atomic E-state index is 12.7. The van der Waals surface area contributed by atoms with Gasteiger partial charge in [-0.15, -0.1) is 0 Å². The Kier molecular flexibility index (Phi) is 3.17. The van der Waals surface area contributed by atoms with Gasteiger partial charge in [-0.05, 0) is 55.6 Å². The summed E-state index contributed by atoms with van der Waals surface area (Å²) in [5, 5.41) is 0. The fraction of sp³-hybridized carbons (Fsp3) is 0. The molecule has 0 unspecified atom stereocenters. The first-order valence-electron chi connectivity index (χ1n) is 4.24. The second-order valence-corrected chi connectivity index (χ2v) is 4.61. The molecule has 0 radical (unpaired) electrons. The molecule has 0 aliphatic carbocycles. The van der Waals surface area contributed by atoms with Crippen LogP contribution in [-0.4, -0.2) is 4.98 Å². The summed E-state index contributed by atoms with van der Waals surface area (Å²) < 4.78 is 14.4. The summed E-state index contributed by atoms with van der Waals surface area (Å²) >= 11 is 6.67. The zero-order valence-electron chi connectivity index (χ0n) is 7.55. The minimum absolute atomic E-state index is 0.233. The lowest BCUT2D eigenvalue weighted by molar-refractivity contribution is 0.628. The molecule has 0 bridgehead atoms. The second kappa shape index (κ2) is 4.41. The number of hydrogen-bond acceptors (Lipinski definition) is 1. The fourth-order valence-electron chi connectivity index (χ4n) is 1.22.